The fourth-order valence-electron chi connectivity index (χ4n) is 2.03. The molecule has 0 aromatic rings. The Morgan fingerprint density at radius 1 is 0.962 bits per heavy atom. The van der Waals surface area contributed by atoms with Gasteiger partial charge in [0, 0.05) is 0 Å². The van der Waals surface area contributed by atoms with E-state index < -0.39 is 22.3 Å². The van der Waals surface area contributed by atoms with Crippen molar-refractivity contribution in [1.82, 2.24) is 0 Å². The van der Waals surface area contributed by atoms with Crippen molar-refractivity contribution in [1.29, 1.82) is 0 Å². The van der Waals surface area contributed by atoms with Crippen molar-refractivity contribution in [3.8, 4) is 0 Å². The zero-order valence-corrected chi connectivity index (χ0v) is 17.5. The minimum absolute atomic E-state index is 0.438. The van der Waals surface area contributed by atoms with Crippen LogP contribution in [0.5, 0.6) is 0 Å². The fraction of sp³-hybridized carbons (Fsp3) is 0.529. The summed E-state index contributed by atoms with van der Waals surface area (Å²) in [5.41, 5.74) is 4.07. The van der Waals surface area contributed by atoms with E-state index >= 15 is 0 Å². The molecule has 0 fully saturated rings. The van der Waals surface area contributed by atoms with Crippen LogP contribution in [0.25, 0.3) is 0 Å². The van der Waals surface area contributed by atoms with E-state index in [9.17, 15) is 23.8 Å². The van der Waals surface area contributed by atoms with Gasteiger partial charge in [0.05, 0.1) is 14.4 Å². The van der Waals surface area contributed by atoms with Crippen LogP contribution in [0, 0.1) is 0 Å². The van der Waals surface area contributed by atoms with Crippen LogP contribution in [0.3, 0.4) is 0 Å². The Balaban J connectivity index is 4.59. The molecule has 0 amide bonds. The highest BCUT2D eigenvalue weighted by atomic mass is 31.3. The van der Waals surface area contributed by atoms with E-state index in [-0.39, 0.29) is 0 Å². The third-order valence-electron chi connectivity index (χ3n) is 3.31. The minimum atomic E-state index is -5.67. The van der Waals surface area contributed by atoms with E-state index in [1.807, 2.05) is 0 Å². The van der Waals surface area contributed by atoms with E-state index in [4.69, 9.17) is 0 Å². The topological polar surface area (TPSA) is 122 Å². The summed E-state index contributed by atoms with van der Waals surface area (Å²) in [5.74, 6) is 0. The highest BCUT2D eigenvalue weighted by molar-refractivity contribution is 7.58. The Labute approximate surface area is 156 Å². The molecule has 0 radical (unpaired) electrons. The molecule has 9 heteroatoms. The van der Waals surface area contributed by atoms with E-state index in [0.29, 0.717) is 6.42 Å². The second-order valence-electron chi connectivity index (χ2n) is 6.19. The second kappa shape index (κ2) is 11.8. The first-order valence-electron chi connectivity index (χ1n) is 8.15. The van der Waals surface area contributed by atoms with Crippen LogP contribution in [0.15, 0.2) is 47.1 Å². The molecule has 0 aliphatic carbocycles. The first kappa shape index (κ1) is 25.2. The maximum atomic E-state index is 11.2. The maximum absolute atomic E-state index is 11.2. The molecule has 0 spiro atoms. The maximum Gasteiger partial charge on any atom is 0.272 e. The van der Waals surface area contributed by atoms with Crippen LogP contribution in [-0.2, 0) is 18.0 Å². The molecule has 0 aliphatic rings. The van der Waals surface area contributed by atoms with Gasteiger partial charge in [-0.25, -0.2) is 0 Å². The summed E-state index contributed by atoms with van der Waals surface area (Å²) in [4.78, 5) is 31.8. The van der Waals surface area contributed by atoms with E-state index in [1.165, 1.54) is 17.2 Å². The zero-order chi connectivity index (χ0) is 20.4. The normalized spacial score (nSPS) is 15.5. The number of rotatable bonds is 12. The molecule has 0 heterocycles. The third kappa shape index (κ3) is 14.4. The van der Waals surface area contributed by atoms with Crippen LogP contribution in [0.2, 0.25) is 0 Å². The van der Waals surface area contributed by atoms with Gasteiger partial charge >= 0.3 is 0 Å². The number of hydrogen-bond acceptors (Lipinski definition) is 7. The molecule has 1 atom stereocenters. The summed E-state index contributed by atoms with van der Waals surface area (Å²) in [7, 11) is -10.9. The van der Waals surface area contributed by atoms with Gasteiger partial charge in [0.15, 0.2) is 0 Å². The lowest BCUT2D eigenvalue weighted by atomic mass is 10.0. The van der Waals surface area contributed by atoms with Gasteiger partial charge in [-0.05, 0) is 59.0 Å². The third-order valence-corrected chi connectivity index (χ3v) is 5.37. The van der Waals surface area contributed by atoms with Crippen LogP contribution >= 0.6 is 15.6 Å². The predicted octanol–water partition coefficient (Wildman–Crippen LogP) is 3.29. The van der Waals surface area contributed by atoms with E-state index in [1.54, 1.807) is 6.92 Å². The van der Waals surface area contributed by atoms with Crippen molar-refractivity contribution in [2.75, 3.05) is 6.61 Å². The quantitative estimate of drug-likeness (QED) is 0.277. The molecule has 0 aliphatic heterocycles. The summed E-state index contributed by atoms with van der Waals surface area (Å²) < 4.78 is 29.3. The van der Waals surface area contributed by atoms with Crippen molar-refractivity contribution in [2.45, 2.75) is 53.4 Å². The van der Waals surface area contributed by atoms with Crippen LogP contribution in [0.4, 0.5) is 0 Å². The molecule has 150 valence electrons. The van der Waals surface area contributed by atoms with Crippen molar-refractivity contribution in [2.24, 2.45) is 0 Å². The number of phosphoric ester groups is 1. The van der Waals surface area contributed by atoms with Gasteiger partial charge in [-0.3, -0.25) is 8.88 Å². The highest BCUT2D eigenvalue weighted by Gasteiger charge is 2.11. The summed E-state index contributed by atoms with van der Waals surface area (Å²) in [5, 5.41) is 0. The van der Waals surface area contributed by atoms with Crippen molar-refractivity contribution in [3.63, 3.8) is 0 Å². The van der Waals surface area contributed by atoms with Crippen molar-refractivity contribution < 1.29 is 32.6 Å². The first-order chi connectivity index (χ1) is 11.8. The van der Waals surface area contributed by atoms with Gasteiger partial charge in [-0.15, -0.1) is 0 Å². The lowest BCUT2D eigenvalue weighted by Gasteiger charge is -2.34. The zero-order valence-electron chi connectivity index (χ0n) is 15.7. The molecule has 0 saturated heterocycles. The van der Waals surface area contributed by atoms with Crippen LogP contribution < -0.4 is 14.7 Å². The Morgan fingerprint density at radius 3 is 2.04 bits per heavy atom. The van der Waals surface area contributed by atoms with Gasteiger partial charge in [0.1, 0.15) is 0 Å². The lowest BCUT2D eigenvalue weighted by molar-refractivity contribution is -0.339. The molecule has 0 saturated carbocycles. The number of allylic oxidation sites excluding steroid dienone is 6. The highest BCUT2D eigenvalue weighted by Crippen LogP contribution is 2.50. The van der Waals surface area contributed by atoms with Gasteiger partial charge in [-0.1, -0.05) is 41.5 Å². The second-order valence-corrected chi connectivity index (χ2v) is 8.89. The molecule has 0 rings (SSSR count). The molecular weight excluding hydrogens is 378 g/mol. The molecule has 0 aromatic heterocycles. The Hall–Kier alpha value is -0.780. The molecule has 7 nitrogen and oxygen atoms in total. The number of phosphoric acid groups is 2. The molecule has 0 aromatic carbocycles. The average Bonchev–Trinajstić information content (AvgIpc) is 2.42. The van der Waals surface area contributed by atoms with Gasteiger partial charge < -0.3 is 23.8 Å². The van der Waals surface area contributed by atoms with Crippen molar-refractivity contribution >= 4 is 15.6 Å². The lowest BCUT2D eigenvalue weighted by Crippen LogP contribution is -2.19. The Morgan fingerprint density at radius 2 is 1.54 bits per heavy atom. The predicted molar refractivity (Wildman–Crippen MR) is 96.8 cm³/mol. The number of hydrogen-bond donors (Lipinski definition) is 0. The molecular formula is C17H27O7P2-3. The summed E-state index contributed by atoms with van der Waals surface area (Å²) in [6.45, 7) is 11.3. The SMILES string of the molecule is C=C(C)/C(=C\COP(=O)([O-])OP(=O)([O-])[O-])CC/C=C(\C)CCC=C(C)C. The fourth-order valence-corrected chi connectivity index (χ4v) is 3.45. The van der Waals surface area contributed by atoms with E-state index in [0.717, 1.165) is 30.4 Å². The van der Waals surface area contributed by atoms with Gasteiger partial charge in [0.25, 0.3) is 7.82 Å². The molecule has 26 heavy (non-hydrogen) atoms. The summed E-state index contributed by atoms with van der Waals surface area (Å²) in [6.07, 6.45) is 9.11. The Bertz CT molecular complexity index is 652. The first-order valence-corrected chi connectivity index (χ1v) is 11.1. The van der Waals surface area contributed by atoms with Crippen LogP contribution in [-0.4, -0.2) is 6.61 Å². The minimum Gasteiger partial charge on any atom is -0.790 e. The largest absolute Gasteiger partial charge is 0.790 e. The Kier molecular flexibility index (Phi) is 11.5. The monoisotopic (exact) mass is 405 g/mol. The summed E-state index contributed by atoms with van der Waals surface area (Å²) >= 11 is 0. The van der Waals surface area contributed by atoms with E-state index in [2.05, 4.69) is 48.3 Å². The smallest absolute Gasteiger partial charge is 0.272 e. The van der Waals surface area contributed by atoms with Crippen molar-refractivity contribution in [3.05, 3.63) is 47.1 Å². The molecule has 0 N–H and O–H groups in total. The summed E-state index contributed by atoms with van der Waals surface area (Å²) in [6, 6.07) is 0. The average molecular weight is 405 g/mol. The molecule has 0 bridgehead atoms. The van der Waals surface area contributed by atoms with Gasteiger partial charge in [-0.2, -0.15) is 0 Å². The van der Waals surface area contributed by atoms with Gasteiger partial charge in [0.2, 0.25) is 0 Å². The molecule has 1 unspecified atom stereocenters. The standard InChI is InChI=1S/C17H30O7P2/c1-14(2)8-6-9-16(5)10-7-11-17(15(3)4)12-13-23-26(21,22)24-25(18,19)20/h8,10,12H,3,6-7,9,11,13H2,1-2,4-5H3,(H,21,22)(H2,18,19,20)/p-3/b16-10+,17-12-. The van der Waals surface area contributed by atoms with Crippen LogP contribution in [0.1, 0.15) is 53.4 Å².